The second-order valence-electron chi connectivity index (χ2n) is 12.5. The van der Waals surface area contributed by atoms with Gasteiger partial charge in [-0.05, 0) is 62.1 Å². The summed E-state index contributed by atoms with van der Waals surface area (Å²) >= 11 is 0. The molecule has 4 aromatic rings. The van der Waals surface area contributed by atoms with E-state index in [9.17, 15) is 4.79 Å². The smallest absolute Gasteiger partial charge is 0.317 e. The van der Waals surface area contributed by atoms with Crippen LogP contribution in [0.25, 0.3) is 0 Å². The van der Waals surface area contributed by atoms with Crippen molar-refractivity contribution < 1.29 is 4.79 Å². The van der Waals surface area contributed by atoms with Gasteiger partial charge in [0.2, 0.25) is 0 Å². The zero-order chi connectivity index (χ0) is 30.8. The van der Waals surface area contributed by atoms with Crippen LogP contribution in [-0.4, -0.2) is 50.0 Å². The number of carbonyl (C=O) groups excluding carboxylic acids is 1. The molecular weight excluding hydrogens is 590 g/mol. The Kier molecular flexibility index (Phi) is 11.6. The monoisotopic (exact) mass is 636 g/mol. The molecule has 1 N–H and O–H groups in total. The van der Waals surface area contributed by atoms with Gasteiger partial charge in [-0.25, -0.2) is 4.79 Å². The lowest BCUT2D eigenvalue weighted by molar-refractivity contribution is 0.197. The molecule has 1 aliphatic rings. The molecule has 6 heteroatoms. The van der Waals surface area contributed by atoms with Crippen LogP contribution in [-0.2, 0) is 0 Å². The number of likely N-dealkylation sites (tertiary alicyclic amines) is 1. The summed E-state index contributed by atoms with van der Waals surface area (Å²) in [5.74, 6) is 0. The van der Waals surface area contributed by atoms with Gasteiger partial charge >= 0.3 is 6.03 Å². The van der Waals surface area contributed by atoms with Crippen molar-refractivity contribution >= 4 is 51.2 Å². The molecular formula is C38H46N2OP2Si. The van der Waals surface area contributed by atoms with Crippen LogP contribution in [0.4, 0.5) is 4.79 Å². The van der Waals surface area contributed by atoms with Crippen LogP contribution in [0.15, 0.2) is 134 Å². The summed E-state index contributed by atoms with van der Waals surface area (Å²) in [4.78, 5) is 16.2. The zero-order valence-corrected chi connectivity index (χ0v) is 29.0. The number of hydrogen-bond donors (Lipinski definition) is 1. The largest absolute Gasteiger partial charge is 0.338 e. The van der Waals surface area contributed by atoms with Gasteiger partial charge < -0.3 is 10.2 Å². The van der Waals surface area contributed by atoms with Crippen molar-refractivity contribution in [3.63, 3.8) is 0 Å². The number of carbonyl (C=O) groups is 1. The molecule has 0 unspecified atom stereocenters. The molecule has 1 aliphatic heterocycles. The summed E-state index contributed by atoms with van der Waals surface area (Å²) < 4.78 is 0. The molecule has 0 radical (unpaired) electrons. The van der Waals surface area contributed by atoms with Crippen molar-refractivity contribution in [1.82, 2.24) is 10.2 Å². The molecule has 44 heavy (non-hydrogen) atoms. The van der Waals surface area contributed by atoms with Gasteiger partial charge in [-0.3, -0.25) is 0 Å². The van der Waals surface area contributed by atoms with Crippen LogP contribution < -0.4 is 26.5 Å². The van der Waals surface area contributed by atoms with Gasteiger partial charge in [0.25, 0.3) is 0 Å². The maximum absolute atomic E-state index is 14.0. The number of nitrogens with one attached hydrogen (secondary N) is 1. The fourth-order valence-corrected chi connectivity index (χ4v) is 14.0. The second-order valence-corrected chi connectivity index (χ2v) is 22.5. The molecule has 0 saturated carbocycles. The summed E-state index contributed by atoms with van der Waals surface area (Å²) in [6, 6.07) is 46.5. The Morgan fingerprint density at radius 1 is 0.818 bits per heavy atom. The van der Waals surface area contributed by atoms with Crippen LogP contribution in [0.3, 0.4) is 0 Å². The maximum atomic E-state index is 14.0. The number of hydrogen-bond acceptors (Lipinski definition) is 1. The summed E-state index contributed by atoms with van der Waals surface area (Å²) in [5.41, 5.74) is 0.396. The highest BCUT2D eigenvalue weighted by atomic mass is 31.1. The maximum Gasteiger partial charge on any atom is 0.317 e. The second kappa shape index (κ2) is 15.8. The predicted octanol–water partition coefficient (Wildman–Crippen LogP) is 7.69. The summed E-state index contributed by atoms with van der Waals surface area (Å²) in [5, 5.41) is 8.89. The van der Waals surface area contributed by atoms with Crippen molar-refractivity contribution in [2.75, 3.05) is 19.3 Å². The fraction of sp³-hybridized carbons (Fsp3) is 0.289. The SMILES string of the molecule is C=CC[Si](C)(C)CCCNC(=O)N1C[C@@H](P(c2ccccc2)c2ccccc2)C[C@H]1CP(c1ccccc1)c1ccccc1. The lowest BCUT2D eigenvalue weighted by Crippen LogP contribution is -2.45. The lowest BCUT2D eigenvalue weighted by Gasteiger charge is -2.29. The van der Waals surface area contributed by atoms with Gasteiger partial charge in [0.05, 0.1) is 8.07 Å². The summed E-state index contributed by atoms with van der Waals surface area (Å²) in [6.07, 6.45) is 5.08. The highest BCUT2D eigenvalue weighted by Crippen LogP contribution is 2.48. The molecule has 2 atom stereocenters. The highest BCUT2D eigenvalue weighted by molar-refractivity contribution is 7.74. The molecule has 3 nitrogen and oxygen atoms in total. The molecule has 5 rings (SSSR count). The molecule has 0 aliphatic carbocycles. The van der Waals surface area contributed by atoms with E-state index in [2.05, 4.69) is 157 Å². The Balaban J connectivity index is 1.42. The predicted molar refractivity (Wildman–Crippen MR) is 197 cm³/mol. The Morgan fingerprint density at radius 3 is 1.77 bits per heavy atom. The van der Waals surface area contributed by atoms with E-state index < -0.39 is 23.9 Å². The molecule has 0 spiro atoms. The Bertz CT molecular complexity index is 1370. The number of allylic oxidation sites excluding steroid dienone is 1. The standard InChI is InChI=1S/C38H46N2OP2Si/c1-4-27-44(2,3)28-17-26-39-38(41)40-30-37(43(35-22-13-7-14-23-35)36-24-15-8-16-25-36)29-32(40)31-42(33-18-9-5-10-19-33)34-20-11-6-12-21-34/h4-16,18-25,32,37H,1,17,26-31H2,2-3H3,(H,39,41)/t32-,37-/m0/s1. The Morgan fingerprint density at radius 2 is 1.30 bits per heavy atom. The zero-order valence-electron chi connectivity index (χ0n) is 26.2. The third-order valence-electron chi connectivity index (χ3n) is 8.62. The van der Waals surface area contributed by atoms with Gasteiger partial charge in [-0.15, -0.1) is 6.58 Å². The highest BCUT2D eigenvalue weighted by Gasteiger charge is 2.41. The minimum Gasteiger partial charge on any atom is -0.338 e. The van der Waals surface area contributed by atoms with Gasteiger partial charge in [0.1, 0.15) is 0 Å². The van der Waals surface area contributed by atoms with Crippen molar-refractivity contribution in [2.45, 2.75) is 49.7 Å². The van der Waals surface area contributed by atoms with E-state index in [0.29, 0.717) is 5.66 Å². The first-order valence-corrected chi connectivity index (χ1v) is 22.2. The number of nitrogens with zero attached hydrogens (tertiary/aromatic N) is 1. The van der Waals surface area contributed by atoms with Crippen molar-refractivity contribution in [3.8, 4) is 0 Å². The molecule has 4 aromatic carbocycles. The minimum absolute atomic E-state index is 0.104. The topological polar surface area (TPSA) is 32.3 Å². The first kappa shape index (κ1) is 32.4. The molecule has 0 bridgehead atoms. The number of rotatable bonds is 13. The van der Waals surface area contributed by atoms with E-state index in [4.69, 9.17) is 0 Å². The molecule has 2 amide bonds. The average molecular weight is 637 g/mol. The Labute approximate surface area is 268 Å². The van der Waals surface area contributed by atoms with E-state index in [0.717, 1.165) is 38.1 Å². The molecule has 1 saturated heterocycles. The van der Waals surface area contributed by atoms with Crippen molar-refractivity contribution in [3.05, 3.63) is 134 Å². The van der Waals surface area contributed by atoms with Crippen molar-refractivity contribution in [2.24, 2.45) is 0 Å². The van der Waals surface area contributed by atoms with Gasteiger partial charge in [-0.1, -0.05) is 147 Å². The van der Waals surface area contributed by atoms with E-state index in [1.165, 1.54) is 27.3 Å². The number of urea groups is 1. The molecule has 228 valence electrons. The van der Waals surface area contributed by atoms with Gasteiger partial charge in [0.15, 0.2) is 0 Å². The van der Waals surface area contributed by atoms with Crippen molar-refractivity contribution in [1.29, 1.82) is 0 Å². The van der Waals surface area contributed by atoms with E-state index in [-0.39, 0.29) is 12.1 Å². The first-order valence-electron chi connectivity index (χ1n) is 15.9. The lowest BCUT2D eigenvalue weighted by atomic mass is 10.2. The van der Waals surface area contributed by atoms with Crippen LogP contribution in [0.5, 0.6) is 0 Å². The van der Waals surface area contributed by atoms with E-state index in [1.807, 2.05) is 0 Å². The van der Waals surface area contributed by atoms with Gasteiger partial charge in [-0.2, -0.15) is 0 Å². The normalized spacial score (nSPS) is 16.8. The summed E-state index contributed by atoms with van der Waals surface area (Å²) in [7, 11) is -2.53. The molecule has 1 fully saturated rings. The third-order valence-corrected chi connectivity index (χ3v) is 17.2. The minimum atomic E-state index is -1.30. The number of amides is 2. The van der Waals surface area contributed by atoms with Crippen LogP contribution in [0.2, 0.25) is 25.2 Å². The number of benzene rings is 4. The van der Waals surface area contributed by atoms with Gasteiger partial charge in [0, 0.05) is 24.8 Å². The summed E-state index contributed by atoms with van der Waals surface area (Å²) in [6.45, 7) is 10.3. The van der Waals surface area contributed by atoms with E-state index >= 15 is 0 Å². The van der Waals surface area contributed by atoms with E-state index in [1.54, 1.807) is 0 Å². The molecule has 1 heterocycles. The van der Waals surface area contributed by atoms with Crippen LogP contribution in [0.1, 0.15) is 12.8 Å². The Hall–Kier alpha value is -3.03. The van der Waals surface area contributed by atoms with Crippen LogP contribution in [0, 0.1) is 0 Å². The third kappa shape index (κ3) is 8.57. The first-order chi connectivity index (χ1) is 21.4. The average Bonchev–Trinajstić information content (AvgIpc) is 3.47. The molecule has 0 aromatic heterocycles. The van der Waals surface area contributed by atoms with Crippen LogP contribution >= 0.6 is 15.8 Å². The fourth-order valence-electron chi connectivity index (χ4n) is 6.39. The quantitative estimate of drug-likeness (QED) is 0.0694.